The molecule has 0 unspecified atom stereocenters. The molecular formula is C14H20ClN3O3. The molecule has 0 aliphatic carbocycles. The molecule has 1 aliphatic heterocycles. The third-order valence-electron chi connectivity index (χ3n) is 3.07. The van der Waals surface area contributed by atoms with Crippen LogP contribution in [0.1, 0.15) is 6.42 Å². The Hall–Kier alpha value is -1.79. The van der Waals surface area contributed by atoms with E-state index in [-0.39, 0.29) is 37.2 Å². The molecule has 6 nitrogen and oxygen atoms in total. The lowest BCUT2D eigenvalue weighted by Crippen LogP contribution is -2.41. The second kappa shape index (κ2) is 8.49. The highest BCUT2D eigenvalue weighted by molar-refractivity contribution is 5.98. The monoisotopic (exact) mass is 313 g/mol. The maximum Gasteiger partial charge on any atom is 0.265 e. The summed E-state index contributed by atoms with van der Waals surface area (Å²) in [5.41, 5.74) is 0.728. The molecular weight excluding hydrogens is 294 g/mol. The maximum absolute atomic E-state index is 11.9. The van der Waals surface area contributed by atoms with Gasteiger partial charge in [0, 0.05) is 26.1 Å². The number of amides is 2. The average molecular weight is 314 g/mol. The van der Waals surface area contributed by atoms with E-state index in [1.807, 2.05) is 31.3 Å². The van der Waals surface area contributed by atoms with Crippen LogP contribution in [0.15, 0.2) is 24.3 Å². The molecule has 0 atom stereocenters. The first-order chi connectivity index (χ1) is 9.72. The van der Waals surface area contributed by atoms with E-state index in [2.05, 4.69) is 10.6 Å². The summed E-state index contributed by atoms with van der Waals surface area (Å²) in [6.07, 6.45) is 0.282. The second-order valence-electron chi connectivity index (χ2n) is 4.51. The summed E-state index contributed by atoms with van der Waals surface area (Å²) in [5, 5.41) is 5.74. The first-order valence-electron chi connectivity index (χ1n) is 6.66. The highest BCUT2D eigenvalue weighted by Gasteiger charge is 2.25. The summed E-state index contributed by atoms with van der Waals surface area (Å²) >= 11 is 0. The number of fused-ring (bicyclic) bond motifs is 1. The van der Waals surface area contributed by atoms with Gasteiger partial charge in [0.2, 0.25) is 5.91 Å². The molecule has 0 spiro atoms. The van der Waals surface area contributed by atoms with E-state index in [0.29, 0.717) is 18.8 Å². The Morgan fingerprint density at radius 3 is 2.86 bits per heavy atom. The normalized spacial score (nSPS) is 13.0. The number of benzene rings is 1. The van der Waals surface area contributed by atoms with Crippen LogP contribution in [0.4, 0.5) is 5.69 Å². The lowest BCUT2D eigenvalue weighted by Gasteiger charge is -2.29. The van der Waals surface area contributed by atoms with Gasteiger partial charge in [0.05, 0.1) is 5.69 Å². The number of ether oxygens (including phenoxy) is 1. The van der Waals surface area contributed by atoms with Gasteiger partial charge in [0.1, 0.15) is 5.75 Å². The molecule has 0 saturated heterocycles. The molecule has 21 heavy (non-hydrogen) atoms. The van der Waals surface area contributed by atoms with E-state index in [0.717, 1.165) is 12.2 Å². The largest absolute Gasteiger partial charge is 0.482 e. The Labute approximate surface area is 130 Å². The molecule has 2 N–H and O–H groups in total. The molecule has 116 valence electrons. The number of nitrogens with one attached hydrogen (secondary N) is 2. The maximum atomic E-state index is 11.9. The number of hydrogen-bond acceptors (Lipinski definition) is 4. The summed E-state index contributed by atoms with van der Waals surface area (Å²) < 4.78 is 5.35. The summed E-state index contributed by atoms with van der Waals surface area (Å²) in [6, 6.07) is 7.35. The number of hydrogen-bond donors (Lipinski definition) is 2. The molecule has 1 aliphatic rings. The van der Waals surface area contributed by atoms with Gasteiger partial charge in [-0.1, -0.05) is 12.1 Å². The van der Waals surface area contributed by atoms with Crippen molar-refractivity contribution in [2.75, 3.05) is 38.2 Å². The quantitative estimate of drug-likeness (QED) is 0.753. The minimum atomic E-state index is -0.119. The van der Waals surface area contributed by atoms with Crippen LogP contribution in [0, 0.1) is 0 Å². The molecule has 0 saturated carbocycles. The van der Waals surface area contributed by atoms with Gasteiger partial charge in [0.25, 0.3) is 5.91 Å². The molecule has 1 heterocycles. The van der Waals surface area contributed by atoms with Gasteiger partial charge >= 0.3 is 0 Å². The van der Waals surface area contributed by atoms with E-state index in [1.165, 1.54) is 0 Å². The van der Waals surface area contributed by atoms with Crippen molar-refractivity contribution in [2.45, 2.75) is 6.42 Å². The summed E-state index contributed by atoms with van der Waals surface area (Å²) in [4.78, 5) is 25.2. The van der Waals surface area contributed by atoms with Crippen LogP contribution in [0.25, 0.3) is 0 Å². The number of likely N-dealkylation sites (N-methyl/N-ethyl adjacent to an activating group) is 1. The molecule has 0 fully saturated rings. The average Bonchev–Trinajstić information content (AvgIpc) is 2.46. The van der Waals surface area contributed by atoms with Crippen molar-refractivity contribution in [3.63, 3.8) is 0 Å². The van der Waals surface area contributed by atoms with Gasteiger partial charge in [-0.2, -0.15) is 0 Å². The predicted octanol–water partition coefficient (Wildman–Crippen LogP) is 0.560. The topological polar surface area (TPSA) is 70.7 Å². The molecule has 0 radical (unpaired) electrons. The van der Waals surface area contributed by atoms with E-state index in [9.17, 15) is 9.59 Å². The van der Waals surface area contributed by atoms with Gasteiger partial charge in [-0.25, -0.2) is 0 Å². The zero-order valence-corrected chi connectivity index (χ0v) is 12.7. The predicted molar refractivity (Wildman–Crippen MR) is 83.1 cm³/mol. The number of halogens is 1. The number of carbonyl (C=O) groups excluding carboxylic acids is 2. The van der Waals surface area contributed by atoms with Gasteiger partial charge in [-0.3, -0.25) is 9.59 Å². The van der Waals surface area contributed by atoms with Crippen molar-refractivity contribution >= 4 is 29.9 Å². The lowest BCUT2D eigenvalue weighted by atomic mass is 10.2. The number of anilines is 1. The van der Waals surface area contributed by atoms with Gasteiger partial charge in [-0.05, 0) is 19.2 Å². The van der Waals surface area contributed by atoms with Crippen LogP contribution in [0.2, 0.25) is 0 Å². The van der Waals surface area contributed by atoms with E-state index >= 15 is 0 Å². The Kier molecular flexibility index (Phi) is 6.98. The third-order valence-corrected chi connectivity index (χ3v) is 3.07. The number of para-hydroxylation sites is 2. The Morgan fingerprint density at radius 1 is 1.33 bits per heavy atom. The minimum absolute atomic E-state index is 0. The highest BCUT2D eigenvalue weighted by Crippen LogP contribution is 2.31. The van der Waals surface area contributed by atoms with Crippen molar-refractivity contribution < 1.29 is 14.3 Å². The summed E-state index contributed by atoms with van der Waals surface area (Å²) in [7, 11) is 1.83. The number of carbonyl (C=O) groups is 2. The van der Waals surface area contributed by atoms with Crippen LogP contribution in [-0.4, -0.2) is 45.1 Å². The van der Waals surface area contributed by atoms with E-state index < -0.39 is 0 Å². The van der Waals surface area contributed by atoms with E-state index in [1.54, 1.807) is 4.90 Å². The first kappa shape index (κ1) is 17.3. The van der Waals surface area contributed by atoms with Crippen LogP contribution in [-0.2, 0) is 9.59 Å². The van der Waals surface area contributed by atoms with Crippen LogP contribution in [0.3, 0.4) is 0 Å². The molecule has 1 aromatic carbocycles. The second-order valence-corrected chi connectivity index (χ2v) is 4.51. The number of nitrogens with zero attached hydrogens (tertiary/aromatic N) is 1. The van der Waals surface area contributed by atoms with Crippen molar-refractivity contribution in [3.8, 4) is 5.75 Å². The fourth-order valence-electron chi connectivity index (χ4n) is 2.03. The Morgan fingerprint density at radius 2 is 2.10 bits per heavy atom. The third kappa shape index (κ3) is 4.61. The van der Waals surface area contributed by atoms with Crippen molar-refractivity contribution in [3.05, 3.63) is 24.3 Å². The Bertz CT molecular complexity index is 496. The molecule has 0 aromatic heterocycles. The van der Waals surface area contributed by atoms with Gasteiger partial charge < -0.3 is 20.3 Å². The minimum Gasteiger partial charge on any atom is -0.482 e. The summed E-state index contributed by atoms with van der Waals surface area (Å²) in [6.45, 7) is 1.71. The van der Waals surface area contributed by atoms with Crippen molar-refractivity contribution in [2.24, 2.45) is 0 Å². The van der Waals surface area contributed by atoms with Crippen LogP contribution < -0.4 is 20.3 Å². The molecule has 0 bridgehead atoms. The fourth-order valence-corrected chi connectivity index (χ4v) is 2.03. The van der Waals surface area contributed by atoms with Gasteiger partial charge in [-0.15, -0.1) is 12.4 Å². The zero-order valence-electron chi connectivity index (χ0n) is 11.9. The molecule has 7 heteroatoms. The summed E-state index contributed by atoms with van der Waals surface area (Å²) in [5.74, 6) is 0.506. The number of rotatable bonds is 6. The molecule has 2 amide bonds. The Balaban J connectivity index is 0.00000220. The molecule has 1 aromatic rings. The lowest BCUT2D eigenvalue weighted by molar-refractivity contribution is -0.122. The van der Waals surface area contributed by atoms with Crippen LogP contribution in [0.5, 0.6) is 5.75 Å². The molecule has 2 rings (SSSR count). The van der Waals surface area contributed by atoms with E-state index in [4.69, 9.17) is 4.74 Å². The fraction of sp³-hybridized carbons (Fsp3) is 0.429. The van der Waals surface area contributed by atoms with Crippen molar-refractivity contribution in [1.29, 1.82) is 0 Å². The standard InChI is InChI=1S/C14H19N3O3.ClH/c1-15-7-8-16-13(18)6-9-17-11-4-2-3-5-12(11)20-10-14(17)19;/h2-5,15H,6-10H2,1H3,(H,16,18);1H. The smallest absolute Gasteiger partial charge is 0.265 e. The van der Waals surface area contributed by atoms with Crippen molar-refractivity contribution in [1.82, 2.24) is 10.6 Å². The SMILES string of the molecule is CNCCNC(=O)CCN1C(=O)COc2ccccc21.Cl. The zero-order chi connectivity index (χ0) is 14.4. The van der Waals surface area contributed by atoms with Crippen LogP contribution >= 0.6 is 12.4 Å². The van der Waals surface area contributed by atoms with Gasteiger partial charge in [0.15, 0.2) is 6.61 Å². The first-order valence-corrected chi connectivity index (χ1v) is 6.66. The highest BCUT2D eigenvalue weighted by atomic mass is 35.5.